The van der Waals surface area contributed by atoms with E-state index in [9.17, 15) is 0 Å². The van der Waals surface area contributed by atoms with Gasteiger partial charge in [0, 0.05) is 12.6 Å². The smallest absolute Gasteiger partial charge is 0.215 e. The Labute approximate surface area is 105 Å². The number of aromatic amines is 1. The predicted molar refractivity (Wildman–Crippen MR) is 68.8 cm³/mol. The third-order valence-corrected chi connectivity index (χ3v) is 3.77. The van der Waals surface area contributed by atoms with Crippen LogP contribution in [-0.2, 0) is 6.54 Å². The summed E-state index contributed by atoms with van der Waals surface area (Å²) in [6.07, 6.45) is 2.54. The van der Waals surface area contributed by atoms with Crippen molar-refractivity contribution in [3.05, 3.63) is 16.9 Å². The van der Waals surface area contributed by atoms with Gasteiger partial charge in [-0.3, -0.25) is 0 Å². The fraction of sp³-hybridized carbons (Fsp3) is 0.500. The maximum atomic E-state index is 5.35. The first-order chi connectivity index (χ1) is 8.11. The summed E-state index contributed by atoms with van der Waals surface area (Å²) in [4.78, 5) is 7.66. The number of nitrogens with one attached hydrogen (secondary N) is 1. The Balaban J connectivity index is 2.14. The lowest BCUT2D eigenvalue weighted by molar-refractivity contribution is 0.398. The molecule has 1 fully saturated rings. The van der Waals surface area contributed by atoms with Crippen LogP contribution in [0.3, 0.4) is 0 Å². The van der Waals surface area contributed by atoms with E-state index >= 15 is 0 Å². The largest absolute Gasteiger partial charge is 0.481 e. The van der Waals surface area contributed by atoms with Crippen LogP contribution in [0.1, 0.15) is 19.8 Å². The van der Waals surface area contributed by atoms with Gasteiger partial charge < -0.3 is 14.3 Å². The van der Waals surface area contributed by atoms with Gasteiger partial charge in [0.2, 0.25) is 5.88 Å². The molecule has 3 rings (SSSR count). The highest BCUT2D eigenvalue weighted by molar-refractivity contribution is 7.71. The van der Waals surface area contributed by atoms with E-state index in [1.807, 2.05) is 12.1 Å². The number of rotatable bonds is 3. The van der Waals surface area contributed by atoms with E-state index in [-0.39, 0.29) is 0 Å². The van der Waals surface area contributed by atoms with E-state index in [0.717, 1.165) is 22.5 Å². The van der Waals surface area contributed by atoms with Crippen LogP contribution >= 0.6 is 12.2 Å². The molecule has 0 bridgehead atoms. The first-order valence-corrected chi connectivity index (χ1v) is 6.16. The van der Waals surface area contributed by atoms with Crippen LogP contribution < -0.4 is 4.74 Å². The lowest BCUT2D eigenvalue weighted by Gasteiger charge is -2.09. The van der Waals surface area contributed by atoms with Crippen LogP contribution in [0.2, 0.25) is 0 Å². The molecule has 1 saturated carbocycles. The number of nitrogens with zero attached hydrogens (tertiary/aromatic N) is 2. The Morgan fingerprint density at radius 1 is 1.53 bits per heavy atom. The van der Waals surface area contributed by atoms with Crippen LogP contribution in [0.15, 0.2) is 12.1 Å². The van der Waals surface area contributed by atoms with Gasteiger partial charge in [0.05, 0.1) is 12.6 Å². The van der Waals surface area contributed by atoms with Crippen molar-refractivity contribution in [2.24, 2.45) is 5.41 Å². The van der Waals surface area contributed by atoms with Gasteiger partial charge in [-0.1, -0.05) is 6.92 Å². The van der Waals surface area contributed by atoms with Gasteiger partial charge in [0.25, 0.3) is 0 Å². The van der Waals surface area contributed by atoms with Gasteiger partial charge in [-0.2, -0.15) is 4.98 Å². The molecule has 1 aliphatic rings. The second kappa shape index (κ2) is 3.57. The maximum Gasteiger partial charge on any atom is 0.215 e. The zero-order chi connectivity index (χ0) is 12.0. The molecule has 2 aromatic heterocycles. The Morgan fingerprint density at radius 2 is 2.29 bits per heavy atom. The van der Waals surface area contributed by atoms with Gasteiger partial charge >= 0.3 is 0 Å². The molecule has 0 amide bonds. The number of fused-ring (bicyclic) bond motifs is 1. The van der Waals surface area contributed by atoms with Crippen LogP contribution in [0.4, 0.5) is 0 Å². The van der Waals surface area contributed by atoms with Crippen molar-refractivity contribution < 1.29 is 4.74 Å². The highest BCUT2D eigenvalue weighted by Crippen LogP contribution is 2.46. The monoisotopic (exact) mass is 249 g/mol. The van der Waals surface area contributed by atoms with E-state index in [1.54, 1.807) is 7.11 Å². The summed E-state index contributed by atoms with van der Waals surface area (Å²) in [5.41, 5.74) is 2.26. The van der Waals surface area contributed by atoms with Crippen molar-refractivity contribution in [2.45, 2.75) is 26.3 Å². The molecule has 1 aliphatic carbocycles. The highest BCUT2D eigenvalue weighted by Gasteiger charge is 2.38. The van der Waals surface area contributed by atoms with Crippen LogP contribution in [0, 0.1) is 10.2 Å². The number of pyridine rings is 1. The van der Waals surface area contributed by atoms with Gasteiger partial charge in [-0.15, -0.1) is 0 Å². The lowest BCUT2D eigenvalue weighted by Crippen LogP contribution is -2.08. The SMILES string of the molecule is COc1ccc2[nH]c(=S)n(CC3(C)CC3)c2n1. The normalized spacial score (nSPS) is 17.3. The first-order valence-electron chi connectivity index (χ1n) is 5.75. The number of ether oxygens (including phenoxy) is 1. The van der Waals surface area contributed by atoms with E-state index in [1.165, 1.54) is 12.8 Å². The number of hydrogen-bond acceptors (Lipinski definition) is 3. The molecule has 0 atom stereocenters. The molecule has 4 nitrogen and oxygen atoms in total. The van der Waals surface area contributed by atoms with Crippen LogP contribution in [0.5, 0.6) is 5.88 Å². The molecule has 0 aliphatic heterocycles. The summed E-state index contributed by atoms with van der Waals surface area (Å²) in [7, 11) is 1.63. The molecule has 0 radical (unpaired) electrons. The van der Waals surface area contributed by atoms with Crippen molar-refractivity contribution in [1.82, 2.24) is 14.5 Å². The standard InChI is InChI=1S/C12H15N3OS/c1-12(5-6-12)7-15-10-8(13-11(15)17)3-4-9(14-10)16-2/h3-4H,5-7H2,1-2H3,(H,13,17). The fourth-order valence-electron chi connectivity index (χ4n) is 2.03. The fourth-order valence-corrected chi connectivity index (χ4v) is 2.29. The molecular formula is C12H15N3OS. The molecule has 90 valence electrons. The summed E-state index contributed by atoms with van der Waals surface area (Å²) in [5.74, 6) is 0.626. The summed E-state index contributed by atoms with van der Waals surface area (Å²) in [5, 5.41) is 0. The summed E-state index contributed by atoms with van der Waals surface area (Å²) in [6, 6.07) is 3.81. The van der Waals surface area contributed by atoms with Crippen LogP contribution in [-0.4, -0.2) is 21.6 Å². The predicted octanol–water partition coefficient (Wildman–Crippen LogP) is 2.90. The molecule has 0 aromatic carbocycles. The van der Waals surface area contributed by atoms with E-state index in [4.69, 9.17) is 17.0 Å². The average molecular weight is 249 g/mol. The van der Waals surface area contributed by atoms with Crippen molar-refractivity contribution in [1.29, 1.82) is 0 Å². The number of aromatic nitrogens is 3. The van der Waals surface area contributed by atoms with Crippen molar-refractivity contribution in [3.8, 4) is 5.88 Å². The molecule has 0 saturated heterocycles. The minimum absolute atomic E-state index is 0.401. The van der Waals surface area contributed by atoms with E-state index < -0.39 is 0 Å². The quantitative estimate of drug-likeness (QED) is 0.850. The van der Waals surface area contributed by atoms with E-state index in [0.29, 0.717) is 11.3 Å². The van der Waals surface area contributed by atoms with E-state index in [2.05, 4.69) is 21.5 Å². The molecule has 2 aromatic rings. The lowest BCUT2D eigenvalue weighted by atomic mass is 10.1. The third kappa shape index (κ3) is 1.84. The minimum Gasteiger partial charge on any atom is -0.481 e. The van der Waals surface area contributed by atoms with Crippen LogP contribution in [0.25, 0.3) is 11.2 Å². The third-order valence-electron chi connectivity index (χ3n) is 3.44. The Bertz CT molecular complexity index is 624. The Kier molecular flexibility index (Phi) is 2.26. The van der Waals surface area contributed by atoms with Crippen molar-refractivity contribution in [3.63, 3.8) is 0 Å². The molecule has 0 unspecified atom stereocenters. The molecule has 17 heavy (non-hydrogen) atoms. The van der Waals surface area contributed by atoms with Gasteiger partial charge in [-0.05, 0) is 36.5 Å². The first kappa shape index (κ1) is 10.8. The Morgan fingerprint density at radius 3 is 2.94 bits per heavy atom. The number of methoxy groups -OCH3 is 1. The summed E-state index contributed by atoms with van der Waals surface area (Å²) >= 11 is 5.35. The second-order valence-electron chi connectivity index (χ2n) is 5.05. The number of hydrogen-bond donors (Lipinski definition) is 1. The highest BCUT2D eigenvalue weighted by atomic mass is 32.1. The number of H-pyrrole nitrogens is 1. The molecule has 5 heteroatoms. The molecule has 2 heterocycles. The Hall–Kier alpha value is -1.36. The summed E-state index contributed by atoms with van der Waals surface area (Å²) < 4.78 is 7.99. The molecule has 1 N–H and O–H groups in total. The topological polar surface area (TPSA) is 42.8 Å². The van der Waals surface area contributed by atoms with Gasteiger partial charge in [0.15, 0.2) is 10.4 Å². The minimum atomic E-state index is 0.401. The molecule has 0 spiro atoms. The van der Waals surface area contributed by atoms with Gasteiger partial charge in [0.1, 0.15) is 0 Å². The van der Waals surface area contributed by atoms with Crippen molar-refractivity contribution in [2.75, 3.05) is 7.11 Å². The second-order valence-corrected chi connectivity index (χ2v) is 5.44. The molecular weight excluding hydrogens is 234 g/mol. The zero-order valence-corrected chi connectivity index (χ0v) is 10.8. The zero-order valence-electron chi connectivity index (χ0n) is 9.99. The number of imidazole rings is 1. The van der Waals surface area contributed by atoms with Gasteiger partial charge in [-0.25, -0.2) is 0 Å². The van der Waals surface area contributed by atoms with Crippen molar-refractivity contribution >= 4 is 23.4 Å². The maximum absolute atomic E-state index is 5.35. The summed E-state index contributed by atoms with van der Waals surface area (Å²) in [6.45, 7) is 3.22. The average Bonchev–Trinajstić information content (AvgIpc) is 2.97.